The SMILES string of the molecule is C=CCCC(CC)NC(C)c1c(C)noc1C. The Morgan fingerprint density at radius 2 is 2.18 bits per heavy atom. The summed E-state index contributed by atoms with van der Waals surface area (Å²) >= 11 is 0. The van der Waals surface area contributed by atoms with Crippen LogP contribution in [0.5, 0.6) is 0 Å². The summed E-state index contributed by atoms with van der Waals surface area (Å²) in [6, 6.07) is 0.813. The highest BCUT2D eigenvalue weighted by atomic mass is 16.5. The van der Waals surface area contributed by atoms with Gasteiger partial charge in [-0.1, -0.05) is 18.2 Å². The van der Waals surface area contributed by atoms with Crippen LogP contribution in [0, 0.1) is 13.8 Å². The second kappa shape index (κ2) is 6.60. The van der Waals surface area contributed by atoms with Gasteiger partial charge in [0.1, 0.15) is 5.76 Å². The minimum absolute atomic E-state index is 0.288. The third-order valence-electron chi connectivity index (χ3n) is 3.22. The fourth-order valence-electron chi connectivity index (χ4n) is 2.27. The van der Waals surface area contributed by atoms with E-state index in [2.05, 4.69) is 30.9 Å². The van der Waals surface area contributed by atoms with Gasteiger partial charge < -0.3 is 9.84 Å². The third-order valence-corrected chi connectivity index (χ3v) is 3.22. The summed E-state index contributed by atoms with van der Waals surface area (Å²) in [4.78, 5) is 0. The lowest BCUT2D eigenvalue weighted by molar-refractivity contribution is 0.386. The monoisotopic (exact) mass is 236 g/mol. The maximum Gasteiger partial charge on any atom is 0.138 e. The van der Waals surface area contributed by atoms with Gasteiger partial charge in [-0.25, -0.2) is 0 Å². The van der Waals surface area contributed by atoms with Crippen molar-refractivity contribution in [3.05, 3.63) is 29.7 Å². The first kappa shape index (κ1) is 14.0. The van der Waals surface area contributed by atoms with E-state index < -0.39 is 0 Å². The number of allylic oxidation sites excluding steroid dienone is 1. The molecule has 0 aromatic carbocycles. The summed E-state index contributed by atoms with van der Waals surface area (Å²) in [5.41, 5.74) is 2.18. The van der Waals surface area contributed by atoms with Crippen LogP contribution in [0.25, 0.3) is 0 Å². The molecule has 1 heterocycles. The van der Waals surface area contributed by atoms with E-state index in [1.807, 2.05) is 19.9 Å². The van der Waals surface area contributed by atoms with Gasteiger partial charge in [0, 0.05) is 17.6 Å². The van der Waals surface area contributed by atoms with Crippen molar-refractivity contribution in [2.24, 2.45) is 0 Å². The van der Waals surface area contributed by atoms with Gasteiger partial charge in [-0.3, -0.25) is 0 Å². The second-order valence-electron chi connectivity index (χ2n) is 4.60. The Morgan fingerprint density at radius 3 is 2.65 bits per heavy atom. The van der Waals surface area contributed by atoms with Gasteiger partial charge in [-0.05, 0) is 40.0 Å². The second-order valence-corrected chi connectivity index (χ2v) is 4.60. The highest BCUT2D eigenvalue weighted by molar-refractivity contribution is 5.24. The summed E-state index contributed by atoms with van der Waals surface area (Å²) in [5.74, 6) is 0.918. The van der Waals surface area contributed by atoms with Gasteiger partial charge >= 0.3 is 0 Å². The molecule has 3 nitrogen and oxygen atoms in total. The molecule has 0 fully saturated rings. The predicted octanol–water partition coefficient (Wildman–Crippen LogP) is 3.69. The van der Waals surface area contributed by atoms with E-state index in [1.54, 1.807) is 0 Å². The van der Waals surface area contributed by atoms with E-state index in [4.69, 9.17) is 4.52 Å². The quantitative estimate of drug-likeness (QED) is 0.734. The van der Waals surface area contributed by atoms with E-state index in [1.165, 1.54) is 5.56 Å². The van der Waals surface area contributed by atoms with Gasteiger partial charge in [0.15, 0.2) is 0 Å². The molecule has 1 aromatic rings. The standard InChI is InChI=1S/C14H24N2O/c1-6-8-9-13(7-2)15-10(3)14-11(4)16-17-12(14)5/h6,10,13,15H,1,7-9H2,2-5H3. The summed E-state index contributed by atoms with van der Waals surface area (Å²) in [7, 11) is 0. The summed E-state index contributed by atoms with van der Waals surface area (Å²) in [6.07, 6.45) is 5.29. The van der Waals surface area contributed by atoms with Crippen LogP contribution in [0.2, 0.25) is 0 Å². The van der Waals surface area contributed by atoms with E-state index in [0.29, 0.717) is 6.04 Å². The average molecular weight is 236 g/mol. The molecule has 0 aliphatic heterocycles. The molecule has 0 radical (unpaired) electrons. The predicted molar refractivity (Wildman–Crippen MR) is 71.0 cm³/mol. The minimum atomic E-state index is 0.288. The van der Waals surface area contributed by atoms with Gasteiger partial charge in [0.05, 0.1) is 5.69 Å². The van der Waals surface area contributed by atoms with Crippen molar-refractivity contribution in [3.63, 3.8) is 0 Å². The number of hydrogen-bond acceptors (Lipinski definition) is 3. The minimum Gasteiger partial charge on any atom is -0.361 e. The van der Waals surface area contributed by atoms with Crippen LogP contribution in [-0.4, -0.2) is 11.2 Å². The molecule has 0 spiro atoms. The molecular formula is C14H24N2O. The molecule has 2 unspecified atom stereocenters. The molecule has 1 aromatic heterocycles. The molecule has 0 amide bonds. The molecule has 3 heteroatoms. The average Bonchev–Trinajstić information content (AvgIpc) is 2.64. The molecule has 17 heavy (non-hydrogen) atoms. The topological polar surface area (TPSA) is 38.1 Å². The Balaban J connectivity index is 2.64. The van der Waals surface area contributed by atoms with Crippen molar-refractivity contribution in [2.75, 3.05) is 0 Å². The smallest absolute Gasteiger partial charge is 0.138 e. The first-order chi connectivity index (χ1) is 8.10. The largest absolute Gasteiger partial charge is 0.361 e. The maximum absolute atomic E-state index is 5.21. The molecule has 0 saturated carbocycles. The Bertz CT molecular complexity index is 338. The molecule has 96 valence electrons. The van der Waals surface area contributed by atoms with E-state index >= 15 is 0 Å². The Hall–Kier alpha value is -1.09. The zero-order valence-corrected chi connectivity index (χ0v) is 11.4. The highest BCUT2D eigenvalue weighted by Crippen LogP contribution is 2.22. The lowest BCUT2D eigenvalue weighted by Gasteiger charge is -2.22. The van der Waals surface area contributed by atoms with Crippen molar-refractivity contribution < 1.29 is 4.52 Å². The fourth-order valence-corrected chi connectivity index (χ4v) is 2.27. The number of hydrogen-bond donors (Lipinski definition) is 1. The molecule has 0 aliphatic rings. The molecule has 0 bridgehead atoms. The zero-order chi connectivity index (χ0) is 12.8. The summed E-state index contributed by atoms with van der Waals surface area (Å²) in [6.45, 7) is 12.1. The van der Waals surface area contributed by atoms with Crippen LogP contribution in [0.3, 0.4) is 0 Å². The van der Waals surface area contributed by atoms with Crippen LogP contribution < -0.4 is 5.32 Å². The third kappa shape index (κ3) is 3.70. The van der Waals surface area contributed by atoms with Crippen molar-refractivity contribution in [3.8, 4) is 0 Å². The molecule has 1 N–H and O–H groups in total. The molecule has 0 aliphatic carbocycles. The molecule has 2 atom stereocenters. The Kier molecular flexibility index (Phi) is 5.42. The van der Waals surface area contributed by atoms with Gasteiger partial charge in [-0.2, -0.15) is 0 Å². The van der Waals surface area contributed by atoms with Crippen molar-refractivity contribution in [1.82, 2.24) is 10.5 Å². The van der Waals surface area contributed by atoms with E-state index in [-0.39, 0.29) is 6.04 Å². The lowest BCUT2D eigenvalue weighted by atomic mass is 10.0. The molecule has 0 saturated heterocycles. The van der Waals surface area contributed by atoms with Gasteiger partial charge in [0.25, 0.3) is 0 Å². The van der Waals surface area contributed by atoms with Gasteiger partial charge in [0.2, 0.25) is 0 Å². The Labute approximate surface area is 104 Å². The molecule has 1 rings (SSSR count). The first-order valence-electron chi connectivity index (χ1n) is 6.39. The maximum atomic E-state index is 5.21. The number of aromatic nitrogens is 1. The van der Waals surface area contributed by atoms with Crippen molar-refractivity contribution in [1.29, 1.82) is 0 Å². The highest BCUT2D eigenvalue weighted by Gasteiger charge is 2.18. The van der Waals surface area contributed by atoms with E-state index in [9.17, 15) is 0 Å². The molecular weight excluding hydrogens is 212 g/mol. The van der Waals surface area contributed by atoms with Crippen LogP contribution in [0.4, 0.5) is 0 Å². The van der Waals surface area contributed by atoms with Crippen LogP contribution in [0.1, 0.15) is 56.2 Å². The number of rotatable bonds is 7. The first-order valence-corrected chi connectivity index (χ1v) is 6.39. The number of nitrogens with zero attached hydrogens (tertiary/aromatic N) is 1. The van der Waals surface area contributed by atoms with E-state index in [0.717, 1.165) is 30.7 Å². The zero-order valence-electron chi connectivity index (χ0n) is 11.4. The van der Waals surface area contributed by atoms with Crippen LogP contribution in [-0.2, 0) is 0 Å². The van der Waals surface area contributed by atoms with Crippen molar-refractivity contribution >= 4 is 0 Å². The summed E-state index contributed by atoms with van der Waals surface area (Å²) in [5, 5.41) is 7.64. The van der Waals surface area contributed by atoms with Gasteiger partial charge in [-0.15, -0.1) is 6.58 Å². The normalized spacial score (nSPS) is 14.6. The van der Waals surface area contributed by atoms with Crippen molar-refractivity contribution in [2.45, 2.75) is 59.0 Å². The Morgan fingerprint density at radius 1 is 1.47 bits per heavy atom. The lowest BCUT2D eigenvalue weighted by Crippen LogP contribution is -2.31. The van der Waals surface area contributed by atoms with Crippen LogP contribution >= 0.6 is 0 Å². The van der Waals surface area contributed by atoms with Crippen LogP contribution in [0.15, 0.2) is 17.2 Å². The number of aryl methyl sites for hydroxylation is 2. The number of nitrogens with one attached hydrogen (secondary N) is 1. The fraction of sp³-hybridized carbons (Fsp3) is 0.643. The summed E-state index contributed by atoms with van der Waals surface area (Å²) < 4.78 is 5.21.